The van der Waals surface area contributed by atoms with E-state index in [1.165, 1.54) is 12.1 Å². The molecule has 0 aromatic heterocycles. The molecule has 2 aromatic rings. The van der Waals surface area contributed by atoms with Gasteiger partial charge in [0, 0.05) is 35.7 Å². The molecule has 1 saturated heterocycles. The van der Waals surface area contributed by atoms with Crippen molar-refractivity contribution in [2.45, 2.75) is 121 Å². The summed E-state index contributed by atoms with van der Waals surface area (Å²) in [5.74, 6) is -0.870. The summed E-state index contributed by atoms with van der Waals surface area (Å²) in [4.78, 5) is 29.5. The quantitative estimate of drug-likeness (QED) is 0.207. The highest BCUT2D eigenvalue weighted by atomic mass is 19.4. The van der Waals surface area contributed by atoms with Gasteiger partial charge < -0.3 is 25.2 Å². The van der Waals surface area contributed by atoms with Gasteiger partial charge in [-0.3, -0.25) is 4.79 Å². The Balaban J connectivity index is 1.59. The number of aliphatic hydroxyl groups is 2. The van der Waals surface area contributed by atoms with Crippen LogP contribution in [-0.4, -0.2) is 70.5 Å². The van der Waals surface area contributed by atoms with E-state index < -0.39 is 34.6 Å². The highest BCUT2D eigenvalue weighted by Crippen LogP contribution is 2.59. The number of aliphatic hydroxyl groups excluding tert-OH is 1. The first-order valence-corrected chi connectivity index (χ1v) is 17.7. The molecule has 2 fully saturated rings. The highest BCUT2D eigenvalue weighted by molar-refractivity contribution is 6.10. The van der Waals surface area contributed by atoms with Gasteiger partial charge in [0.25, 0.3) is 0 Å². The second kappa shape index (κ2) is 15.0. The van der Waals surface area contributed by atoms with Crippen LogP contribution in [0.25, 0.3) is 0 Å². The van der Waals surface area contributed by atoms with Crippen LogP contribution in [0.1, 0.15) is 118 Å². The minimum atomic E-state index is -4.61. The minimum Gasteiger partial charge on any atom is -0.393 e. The van der Waals surface area contributed by atoms with Crippen molar-refractivity contribution in [1.29, 1.82) is 0 Å². The van der Waals surface area contributed by atoms with Crippen LogP contribution in [0.2, 0.25) is 0 Å². The molecule has 268 valence electrons. The van der Waals surface area contributed by atoms with Crippen LogP contribution in [0.15, 0.2) is 54.1 Å². The number of rotatable bonds is 7. The molecule has 2 aromatic carbocycles. The van der Waals surface area contributed by atoms with Gasteiger partial charge in [0.15, 0.2) is 5.78 Å². The van der Waals surface area contributed by atoms with Gasteiger partial charge in [-0.05, 0) is 114 Å². The molecule has 1 saturated carbocycles. The molecule has 0 radical (unpaired) electrons. The Bertz CT molecular complexity index is 1530. The van der Waals surface area contributed by atoms with Gasteiger partial charge >= 0.3 is 12.2 Å². The highest BCUT2D eigenvalue weighted by Gasteiger charge is 2.58. The first-order valence-electron chi connectivity index (χ1n) is 17.7. The SMILES string of the molecule is CC1=CCC[C@@]2(C)[C@@H](CC[C@@]2(O)CN(C[C@H]2CCCO2)C(=O)NC(C)C)c2ccc(cc2C(=O)c2cccc(C(F)(F)F)c2)C[C@@H](O)CC1. The summed E-state index contributed by atoms with van der Waals surface area (Å²) in [5.41, 5.74) is -0.328. The van der Waals surface area contributed by atoms with Crippen LogP contribution in [0.3, 0.4) is 0 Å². The van der Waals surface area contributed by atoms with Crippen molar-refractivity contribution in [1.82, 2.24) is 10.2 Å². The lowest BCUT2D eigenvalue weighted by atomic mass is 9.64. The largest absolute Gasteiger partial charge is 0.416 e. The minimum absolute atomic E-state index is 0.0717. The first-order chi connectivity index (χ1) is 23.1. The number of ether oxygens (including phenoxy) is 1. The van der Waals surface area contributed by atoms with Gasteiger partial charge in [-0.1, -0.05) is 42.8 Å². The average Bonchev–Trinajstić information content (AvgIpc) is 3.64. The summed E-state index contributed by atoms with van der Waals surface area (Å²) >= 11 is 0. The number of ketones is 1. The number of carbonyl (C=O) groups excluding carboxylic acids is 2. The monoisotopic (exact) mass is 684 g/mol. The van der Waals surface area contributed by atoms with E-state index in [0.717, 1.165) is 30.5 Å². The maximum absolute atomic E-state index is 14.2. The smallest absolute Gasteiger partial charge is 0.393 e. The third kappa shape index (κ3) is 8.40. The summed E-state index contributed by atoms with van der Waals surface area (Å²) in [6.45, 7) is 8.90. The molecule has 1 heterocycles. The van der Waals surface area contributed by atoms with Crippen LogP contribution < -0.4 is 5.32 Å². The molecule has 1 aliphatic heterocycles. The van der Waals surface area contributed by atoms with Crippen LogP contribution in [0.4, 0.5) is 18.0 Å². The van der Waals surface area contributed by atoms with Crippen molar-refractivity contribution in [3.8, 4) is 0 Å². The van der Waals surface area contributed by atoms with Gasteiger partial charge in [0.1, 0.15) is 0 Å². The van der Waals surface area contributed by atoms with E-state index in [9.17, 15) is 33.0 Å². The molecule has 49 heavy (non-hydrogen) atoms. The molecule has 10 heteroatoms. The number of alkyl halides is 3. The Morgan fingerprint density at radius 2 is 1.88 bits per heavy atom. The fraction of sp³-hybridized carbons (Fsp3) is 0.590. The zero-order valence-electron chi connectivity index (χ0n) is 29.1. The normalized spacial score (nSPS) is 27.8. The number of allylic oxidation sites excluding steroid dienone is 2. The van der Waals surface area contributed by atoms with Gasteiger partial charge in [-0.15, -0.1) is 0 Å². The second-order valence-electron chi connectivity index (χ2n) is 15.0. The van der Waals surface area contributed by atoms with Crippen molar-refractivity contribution >= 4 is 11.8 Å². The predicted molar refractivity (Wildman–Crippen MR) is 183 cm³/mol. The van der Waals surface area contributed by atoms with Gasteiger partial charge in [-0.25, -0.2) is 4.79 Å². The lowest BCUT2D eigenvalue weighted by molar-refractivity contribution is -0.137. The fourth-order valence-corrected chi connectivity index (χ4v) is 8.10. The summed E-state index contributed by atoms with van der Waals surface area (Å²) < 4.78 is 47.0. The van der Waals surface area contributed by atoms with Crippen LogP contribution in [0, 0.1) is 5.41 Å². The number of amides is 2. The molecule has 3 N–H and O–H groups in total. The van der Waals surface area contributed by atoms with Crippen molar-refractivity contribution in [3.63, 3.8) is 0 Å². The van der Waals surface area contributed by atoms with Gasteiger partial charge in [0.05, 0.1) is 29.9 Å². The molecule has 3 aliphatic carbocycles. The van der Waals surface area contributed by atoms with Crippen molar-refractivity contribution in [2.24, 2.45) is 5.41 Å². The van der Waals surface area contributed by atoms with Gasteiger partial charge in [-0.2, -0.15) is 13.2 Å². The Morgan fingerprint density at radius 1 is 1.10 bits per heavy atom. The molecule has 6 rings (SSSR count). The number of nitrogens with zero attached hydrogens (tertiary/aromatic N) is 1. The number of nitrogens with one attached hydrogen (secondary N) is 1. The number of carbonyl (C=O) groups is 2. The van der Waals surface area contributed by atoms with E-state index in [-0.39, 0.29) is 41.8 Å². The van der Waals surface area contributed by atoms with Crippen LogP contribution >= 0.6 is 0 Å². The lowest BCUT2D eigenvalue weighted by Gasteiger charge is -2.46. The topological polar surface area (TPSA) is 99.1 Å². The Kier molecular flexibility index (Phi) is 11.3. The number of benzene rings is 2. The molecular formula is C39H51F3N2O5. The number of urea groups is 1. The number of hydrogen-bond acceptors (Lipinski definition) is 5. The maximum atomic E-state index is 14.2. The van der Waals surface area contributed by atoms with E-state index in [0.29, 0.717) is 69.2 Å². The van der Waals surface area contributed by atoms with Crippen molar-refractivity contribution in [3.05, 3.63) is 81.9 Å². The number of fused-ring (bicyclic) bond motifs is 8. The van der Waals surface area contributed by atoms with Crippen molar-refractivity contribution < 1.29 is 37.7 Å². The molecular weight excluding hydrogens is 633 g/mol. The maximum Gasteiger partial charge on any atom is 0.416 e. The molecule has 7 nitrogen and oxygen atoms in total. The Labute approximate surface area is 287 Å². The Morgan fingerprint density at radius 3 is 2.57 bits per heavy atom. The number of hydrogen-bond donors (Lipinski definition) is 3. The fourth-order valence-electron chi connectivity index (χ4n) is 8.10. The zero-order chi connectivity index (χ0) is 35.6. The molecule has 4 aliphatic rings. The zero-order valence-corrected chi connectivity index (χ0v) is 29.1. The van der Waals surface area contributed by atoms with Crippen molar-refractivity contribution in [2.75, 3.05) is 19.7 Å². The number of halogens is 3. The summed E-state index contributed by atoms with van der Waals surface area (Å²) in [6, 6.07) is 9.56. The molecule has 0 spiro atoms. The summed E-state index contributed by atoms with van der Waals surface area (Å²) in [5, 5.41) is 26.6. The average molecular weight is 685 g/mol. The Hall–Kier alpha value is -3.21. The predicted octanol–water partition coefficient (Wildman–Crippen LogP) is 7.57. The second-order valence-corrected chi connectivity index (χ2v) is 15.0. The molecule has 2 amide bonds. The van der Waals surface area contributed by atoms with E-state index in [2.05, 4.69) is 11.4 Å². The third-order valence-electron chi connectivity index (χ3n) is 11.0. The summed E-state index contributed by atoms with van der Waals surface area (Å²) in [7, 11) is 0. The lowest BCUT2D eigenvalue weighted by Crippen LogP contribution is -2.57. The molecule has 0 unspecified atom stereocenters. The first kappa shape index (κ1) is 37.1. The third-order valence-corrected chi connectivity index (χ3v) is 11.0. The van der Waals surface area contributed by atoms with Gasteiger partial charge in [0.2, 0.25) is 0 Å². The van der Waals surface area contributed by atoms with Crippen LogP contribution in [-0.2, 0) is 17.3 Å². The van der Waals surface area contributed by atoms with E-state index in [1.54, 1.807) is 11.0 Å². The van der Waals surface area contributed by atoms with E-state index in [1.807, 2.05) is 39.8 Å². The summed E-state index contributed by atoms with van der Waals surface area (Å²) in [6.07, 6.45) is 2.07. The molecule has 2 bridgehead atoms. The molecule has 5 atom stereocenters. The van der Waals surface area contributed by atoms with E-state index >= 15 is 0 Å². The van der Waals surface area contributed by atoms with Crippen LogP contribution in [0.5, 0.6) is 0 Å². The van der Waals surface area contributed by atoms with E-state index in [4.69, 9.17) is 4.74 Å². The standard InChI is InChI=1S/C39H51F3N2O5/c1-25(2)43-36(47)44(23-31-11-7-19-49-31)24-38(48)18-16-34-32-15-13-27(20-30(45)14-12-26(3)8-6-17-37(34,38)4)21-33(32)35(46)28-9-5-10-29(22-28)39(40,41)42/h5,8-10,13,15,21-22,25,30-31,34,45,48H,6-7,11-12,14,16-20,23-24H2,1-4H3,(H,43,47)/t30-,31+,34-,37-,38+/m0/s1.